The number of hydrogen-bond acceptors (Lipinski definition) is 6. The van der Waals surface area contributed by atoms with E-state index in [1.807, 2.05) is 12.4 Å². The minimum Gasteiger partial charge on any atom is -0.871 e. The second-order valence-corrected chi connectivity index (χ2v) is 16.3. The minimum absolute atomic E-state index is 0. The summed E-state index contributed by atoms with van der Waals surface area (Å²) in [5.74, 6) is 1.90. The average molecular weight is 612 g/mol. The molecule has 0 N–H and O–H groups in total. The number of hydrogen-bond donors (Lipinski definition) is 0. The van der Waals surface area contributed by atoms with Crippen molar-refractivity contribution in [3.63, 3.8) is 0 Å². The Bertz CT molecular complexity index is 1170. The van der Waals surface area contributed by atoms with Crippen LogP contribution >= 0.6 is 23.5 Å². The van der Waals surface area contributed by atoms with E-state index in [4.69, 9.17) is 0 Å². The molecule has 0 fully saturated rings. The number of nitrogens with zero attached hydrogens (tertiary/aromatic N) is 2. The molecule has 0 atom stereocenters. The molecule has 39 heavy (non-hydrogen) atoms. The maximum Gasteiger partial charge on any atom is 2.00 e. The molecule has 2 aromatic carbocycles. The zero-order valence-electron chi connectivity index (χ0n) is 25.6. The van der Waals surface area contributed by atoms with E-state index in [-0.39, 0.29) is 49.7 Å². The predicted molar refractivity (Wildman–Crippen MR) is 164 cm³/mol. The Labute approximate surface area is 254 Å². The maximum absolute atomic E-state index is 12.6. The summed E-state index contributed by atoms with van der Waals surface area (Å²) >= 11 is 3.45. The molecule has 4 rings (SSSR count). The number of aliphatic imine (C=N–C) groups is 2. The van der Waals surface area contributed by atoms with E-state index in [0.717, 1.165) is 32.4 Å². The molecule has 2 aliphatic rings. The summed E-state index contributed by atoms with van der Waals surface area (Å²) in [4.78, 5) is 10.9. The largest absolute Gasteiger partial charge is 2.00 e. The SMILES string of the molecule is CC(C)(C)c1cc(C(C)(C)C)c2c(c1[O-])N=CCS2.CC(C)(C)c1cc(C(C)(C)C)c2c(c1[O-])N=CCS2.[Ni+2]. The van der Waals surface area contributed by atoms with Crippen LogP contribution in [0.2, 0.25) is 0 Å². The fraction of sp³-hybridized carbons (Fsp3) is 0.562. The van der Waals surface area contributed by atoms with Crippen molar-refractivity contribution in [3.8, 4) is 11.5 Å². The van der Waals surface area contributed by atoms with E-state index in [1.54, 1.807) is 23.5 Å². The molecule has 4 nitrogen and oxygen atoms in total. The van der Waals surface area contributed by atoms with Gasteiger partial charge in [-0.25, -0.2) is 0 Å². The van der Waals surface area contributed by atoms with Gasteiger partial charge in [0.25, 0.3) is 0 Å². The van der Waals surface area contributed by atoms with Gasteiger partial charge in [-0.1, -0.05) is 107 Å². The minimum atomic E-state index is -0.149. The van der Waals surface area contributed by atoms with Crippen LogP contribution in [-0.4, -0.2) is 23.9 Å². The Morgan fingerprint density at radius 3 is 1.08 bits per heavy atom. The third-order valence-electron chi connectivity index (χ3n) is 6.69. The zero-order valence-corrected chi connectivity index (χ0v) is 28.2. The van der Waals surface area contributed by atoms with Crippen molar-refractivity contribution in [2.45, 2.75) is 115 Å². The first-order chi connectivity index (χ1) is 17.2. The Kier molecular flexibility index (Phi) is 10.2. The van der Waals surface area contributed by atoms with Crippen molar-refractivity contribution < 1.29 is 26.7 Å². The van der Waals surface area contributed by atoms with Gasteiger partial charge < -0.3 is 10.2 Å². The molecule has 0 saturated heterocycles. The van der Waals surface area contributed by atoms with Crippen molar-refractivity contribution in [3.05, 3.63) is 34.4 Å². The molecule has 2 aromatic rings. The van der Waals surface area contributed by atoms with Crippen LogP contribution in [0.25, 0.3) is 0 Å². The van der Waals surface area contributed by atoms with Gasteiger partial charge in [0, 0.05) is 33.7 Å². The Morgan fingerprint density at radius 2 is 0.821 bits per heavy atom. The second kappa shape index (κ2) is 11.8. The second-order valence-electron chi connectivity index (χ2n) is 14.2. The number of thioether (sulfide) groups is 2. The van der Waals surface area contributed by atoms with Gasteiger partial charge >= 0.3 is 16.5 Å². The molecule has 7 heteroatoms. The predicted octanol–water partition coefficient (Wildman–Crippen LogP) is 8.32. The summed E-state index contributed by atoms with van der Waals surface area (Å²) < 4.78 is 0. The molecule has 0 spiro atoms. The van der Waals surface area contributed by atoms with Crippen molar-refractivity contribution in [2.75, 3.05) is 11.5 Å². The standard InChI is InChI=1S/2C16H23NOS.Ni/c2*1-15(2,3)10-9-11(16(4,5)6)14-12(13(10)18)17-7-8-19-14;/h2*7,9,18H,8H2,1-6H3;/q;;+2/p-2. The van der Waals surface area contributed by atoms with Gasteiger partial charge in [0.1, 0.15) is 0 Å². The van der Waals surface area contributed by atoms with E-state index in [0.29, 0.717) is 11.4 Å². The summed E-state index contributed by atoms with van der Waals surface area (Å²) in [7, 11) is 0. The van der Waals surface area contributed by atoms with Crippen molar-refractivity contribution in [2.24, 2.45) is 9.98 Å². The van der Waals surface area contributed by atoms with Crippen molar-refractivity contribution >= 4 is 47.3 Å². The number of rotatable bonds is 0. The summed E-state index contributed by atoms with van der Waals surface area (Å²) in [6.45, 7) is 25.7. The monoisotopic (exact) mass is 610 g/mol. The van der Waals surface area contributed by atoms with Crippen LogP contribution in [0.4, 0.5) is 11.4 Å². The molecular weight excluding hydrogens is 567 g/mol. The van der Waals surface area contributed by atoms with Gasteiger partial charge in [-0.15, -0.1) is 23.5 Å². The average Bonchev–Trinajstić information content (AvgIpc) is 2.77. The zero-order chi connectivity index (χ0) is 28.8. The molecule has 0 bridgehead atoms. The molecule has 0 aliphatic carbocycles. The topological polar surface area (TPSA) is 70.8 Å². The van der Waals surface area contributed by atoms with Crippen LogP contribution in [0, 0.1) is 0 Å². The van der Waals surface area contributed by atoms with Gasteiger partial charge in [0.2, 0.25) is 0 Å². The fourth-order valence-electron chi connectivity index (χ4n) is 4.52. The van der Waals surface area contributed by atoms with Crippen LogP contribution in [0.1, 0.15) is 105 Å². The normalized spacial score (nSPS) is 15.1. The quantitative estimate of drug-likeness (QED) is 0.281. The van der Waals surface area contributed by atoms with Gasteiger partial charge in [-0.05, 0) is 43.9 Å². The first-order valence-corrected chi connectivity index (χ1v) is 15.3. The van der Waals surface area contributed by atoms with Crippen LogP contribution in [0.15, 0.2) is 31.9 Å². The number of benzene rings is 2. The van der Waals surface area contributed by atoms with Crippen LogP contribution < -0.4 is 10.2 Å². The van der Waals surface area contributed by atoms with Gasteiger partial charge in [-0.3, -0.25) is 9.98 Å². The summed E-state index contributed by atoms with van der Waals surface area (Å²) in [6.07, 6.45) is 3.68. The smallest absolute Gasteiger partial charge is 0.871 e. The van der Waals surface area contributed by atoms with Crippen molar-refractivity contribution in [1.82, 2.24) is 0 Å². The van der Waals surface area contributed by atoms with Gasteiger partial charge in [0.05, 0.1) is 11.4 Å². The van der Waals surface area contributed by atoms with E-state index in [2.05, 4.69) is 105 Å². The Balaban J connectivity index is 0.000000267. The fourth-order valence-corrected chi connectivity index (χ4v) is 6.76. The number of fused-ring (bicyclic) bond motifs is 2. The van der Waals surface area contributed by atoms with Gasteiger partial charge in [0.15, 0.2) is 0 Å². The van der Waals surface area contributed by atoms with E-state index in [1.165, 1.54) is 11.1 Å². The van der Waals surface area contributed by atoms with Gasteiger partial charge in [-0.2, -0.15) is 0 Å². The van der Waals surface area contributed by atoms with Crippen LogP contribution in [0.5, 0.6) is 11.5 Å². The molecule has 216 valence electrons. The molecule has 2 aliphatic heterocycles. The first-order valence-electron chi connectivity index (χ1n) is 13.3. The Hall–Kier alpha value is -1.43. The molecule has 0 saturated carbocycles. The van der Waals surface area contributed by atoms with E-state index < -0.39 is 0 Å². The summed E-state index contributed by atoms with van der Waals surface area (Å²) in [6, 6.07) is 4.21. The molecule has 0 radical (unpaired) electrons. The molecule has 0 unspecified atom stereocenters. The summed E-state index contributed by atoms with van der Waals surface area (Å²) in [5.41, 5.74) is 5.28. The third-order valence-corrected chi connectivity index (χ3v) is 8.73. The van der Waals surface area contributed by atoms with E-state index in [9.17, 15) is 10.2 Å². The Morgan fingerprint density at radius 1 is 0.538 bits per heavy atom. The van der Waals surface area contributed by atoms with Crippen LogP contribution in [-0.2, 0) is 38.2 Å². The summed E-state index contributed by atoms with van der Waals surface area (Å²) in [5, 5.41) is 25.2. The first kappa shape index (κ1) is 33.8. The van der Waals surface area contributed by atoms with E-state index >= 15 is 0 Å². The maximum atomic E-state index is 12.6. The molecule has 2 heterocycles. The molecule has 0 aromatic heterocycles. The molecule has 0 amide bonds. The molecular formula is C32H44N2NiO2S2. The van der Waals surface area contributed by atoms with Crippen molar-refractivity contribution in [1.29, 1.82) is 0 Å². The van der Waals surface area contributed by atoms with Crippen LogP contribution in [0.3, 0.4) is 0 Å². The third kappa shape index (κ3) is 7.46.